The number of halogens is 2. The van der Waals surface area contributed by atoms with Gasteiger partial charge in [-0.2, -0.15) is 5.01 Å². The molecule has 2 spiro atoms. The summed E-state index contributed by atoms with van der Waals surface area (Å²) in [6.07, 6.45) is 8.85. The summed E-state index contributed by atoms with van der Waals surface area (Å²) in [4.78, 5) is 27.3. The Labute approximate surface area is 159 Å². The van der Waals surface area contributed by atoms with Crippen LogP contribution in [0.15, 0.2) is 42.5 Å². The lowest BCUT2D eigenvalue weighted by molar-refractivity contribution is -0.141. The predicted octanol–water partition coefficient (Wildman–Crippen LogP) is 3.54. The maximum atomic E-state index is 13.7. The van der Waals surface area contributed by atoms with Crippen molar-refractivity contribution in [2.45, 2.75) is 0 Å². The average Bonchev–Trinajstić information content (AvgIpc) is 3.42. The first-order valence-corrected chi connectivity index (χ1v) is 9.77. The number of amides is 2. The number of rotatable bonds is 2. The van der Waals surface area contributed by atoms with Crippen molar-refractivity contribution in [2.75, 3.05) is 5.43 Å². The predicted molar refractivity (Wildman–Crippen MR) is 96.0 cm³/mol. The molecule has 1 N–H and O–H groups in total. The Balaban J connectivity index is 1.38. The molecule has 2 amide bonds. The summed E-state index contributed by atoms with van der Waals surface area (Å²) in [5.74, 6) is 1.66. The van der Waals surface area contributed by atoms with E-state index in [-0.39, 0.29) is 35.5 Å². The normalized spacial score (nSPS) is 50.0. The molecule has 0 aromatic heterocycles. The molecule has 130 valence electrons. The fourth-order valence-corrected chi connectivity index (χ4v) is 8.25. The summed E-state index contributed by atoms with van der Waals surface area (Å²) in [6, 6.07) is 5.05. The third-order valence-electron chi connectivity index (χ3n) is 8.22. The van der Waals surface area contributed by atoms with Gasteiger partial charge in [-0.1, -0.05) is 47.5 Å². The van der Waals surface area contributed by atoms with Gasteiger partial charge in [0.05, 0.1) is 26.6 Å². The first-order chi connectivity index (χ1) is 12.5. The summed E-state index contributed by atoms with van der Waals surface area (Å²) in [7, 11) is 0. The number of hydrogen-bond acceptors (Lipinski definition) is 3. The number of carbonyl (C=O) groups is 2. The van der Waals surface area contributed by atoms with Gasteiger partial charge in [-0.15, -0.1) is 0 Å². The van der Waals surface area contributed by atoms with Gasteiger partial charge >= 0.3 is 0 Å². The zero-order chi connectivity index (χ0) is 17.6. The van der Waals surface area contributed by atoms with Crippen LogP contribution in [0.4, 0.5) is 5.69 Å². The van der Waals surface area contributed by atoms with Crippen molar-refractivity contribution >= 4 is 40.7 Å². The zero-order valence-corrected chi connectivity index (χ0v) is 15.0. The van der Waals surface area contributed by atoms with Gasteiger partial charge in [0, 0.05) is 0 Å². The van der Waals surface area contributed by atoms with E-state index in [1.165, 1.54) is 5.01 Å². The number of hydrazine groups is 1. The van der Waals surface area contributed by atoms with Gasteiger partial charge in [-0.25, -0.2) is 0 Å². The van der Waals surface area contributed by atoms with Gasteiger partial charge < -0.3 is 0 Å². The van der Waals surface area contributed by atoms with Crippen LogP contribution in [0.5, 0.6) is 0 Å². The summed E-state index contributed by atoms with van der Waals surface area (Å²) < 4.78 is 0. The molecular weight excluding hydrogens is 371 g/mol. The fourth-order valence-electron chi connectivity index (χ4n) is 7.95. The third kappa shape index (κ3) is 1.04. The molecule has 6 aliphatic carbocycles. The number of nitrogens with one attached hydrogen (secondary N) is 1. The second kappa shape index (κ2) is 3.90. The second-order valence-electron chi connectivity index (χ2n) is 8.45. The molecule has 1 heterocycles. The van der Waals surface area contributed by atoms with E-state index in [2.05, 4.69) is 29.7 Å². The Morgan fingerprint density at radius 3 is 1.77 bits per heavy atom. The fraction of sp³-hybridized carbons (Fsp3) is 0.400. The van der Waals surface area contributed by atoms with Crippen molar-refractivity contribution < 1.29 is 9.59 Å². The SMILES string of the molecule is O=C1N(Nc2ccc(Cl)c(Cl)c2)C(=O)C23C4C=CC5C4C4C(C=CC42)C153. The van der Waals surface area contributed by atoms with E-state index in [1.807, 2.05) is 0 Å². The van der Waals surface area contributed by atoms with E-state index >= 15 is 0 Å². The summed E-state index contributed by atoms with van der Waals surface area (Å²) in [6.45, 7) is 0. The van der Waals surface area contributed by atoms with Gasteiger partial charge in [0.1, 0.15) is 0 Å². The van der Waals surface area contributed by atoms with Crippen LogP contribution >= 0.6 is 23.2 Å². The lowest BCUT2D eigenvalue weighted by atomic mass is 9.54. The van der Waals surface area contributed by atoms with E-state index < -0.39 is 10.8 Å². The van der Waals surface area contributed by atoms with Gasteiger partial charge in [-0.3, -0.25) is 15.0 Å². The number of imide groups is 1. The number of benzene rings is 1. The van der Waals surface area contributed by atoms with Gasteiger partial charge in [0.15, 0.2) is 0 Å². The van der Waals surface area contributed by atoms with Crippen LogP contribution < -0.4 is 5.43 Å². The molecular formula is C20H14Cl2N2O2. The number of nitrogens with zero attached hydrogens (tertiary/aromatic N) is 1. The van der Waals surface area contributed by atoms with Crippen molar-refractivity contribution in [3.05, 3.63) is 52.5 Å². The lowest BCUT2D eigenvalue weighted by Crippen LogP contribution is -2.50. The molecule has 6 heteroatoms. The van der Waals surface area contributed by atoms with Crippen LogP contribution in [0.1, 0.15) is 0 Å². The van der Waals surface area contributed by atoms with E-state index in [0.29, 0.717) is 27.6 Å². The molecule has 4 nitrogen and oxygen atoms in total. The number of anilines is 1. The minimum atomic E-state index is -0.568. The van der Waals surface area contributed by atoms with Crippen molar-refractivity contribution in [3.63, 3.8) is 0 Å². The number of allylic oxidation sites excluding steroid dienone is 4. The smallest absolute Gasteiger partial charge is 0.256 e. The summed E-state index contributed by atoms with van der Waals surface area (Å²) in [5.41, 5.74) is 2.50. The van der Waals surface area contributed by atoms with E-state index in [0.717, 1.165) is 0 Å². The molecule has 1 aromatic carbocycles. The molecule has 1 aromatic rings. The molecule has 5 fully saturated rings. The standard InChI is InChI=1S/C20H14Cl2N2O2/c21-13-6-1-8(7-14(13)22)23-24-17(25)19-9-2-3-10-15(9)16-11(19)4-5-12(16)20(10,19)18(24)26/h1-7,9-12,15-16,23H. The molecule has 4 saturated carbocycles. The van der Waals surface area contributed by atoms with Crippen LogP contribution in [0.25, 0.3) is 0 Å². The highest BCUT2D eigenvalue weighted by Gasteiger charge is 2.96. The van der Waals surface area contributed by atoms with E-state index in [1.54, 1.807) is 18.2 Å². The molecule has 8 bridgehead atoms. The Bertz CT molecular complexity index is 933. The first-order valence-electron chi connectivity index (χ1n) is 9.02. The van der Waals surface area contributed by atoms with E-state index in [4.69, 9.17) is 23.2 Å². The molecule has 26 heavy (non-hydrogen) atoms. The van der Waals surface area contributed by atoms with Crippen molar-refractivity contribution in [1.82, 2.24) is 5.01 Å². The first kappa shape index (κ1) is 14.3. The molecule has 8 rings (SSSR count). The average molecular weight is 385 g/mol. The number of hydrogen-bond donors (Lipinski definition) is 1. The second-order valence-corrected chi connectivity index (χ2v) is 9.27. The third-order valence-corrected chi connectivity index (χ3v) is 8.96. The molecule has 7 aliphatic rings. The van der Waals surface area contributed by atoms with Crippen molar-refractivity contribution in [3.8, 4) is 0 Å². The highest BCUT2D eigenvalue weighted by molar-refractivity contribution is 6.42. The zero-order valence-electron chi connectivity index (χ0n) is 13.5. The Kier molecular flexibility index (Phi) is 2.14. The Morgan fingerprint density at radius 2 is 1.31 bits per heavy atom. The van der Waals surface area contributed by atoms with Gasteiger partial charge in [0.25, 0.3) is 11.8 Å². The largest absolute Gasteiger partial charge is 0.289 e. The lowest BCUT2D eigenvalue weighted by Gasteiger charge is -2.43. The van der Waals surface area contributed by atoms with Gasteiger partial charge in [0.2, 0.25) is 0 Å². The van der Waals surface area contributed by atoms with Crippen LogP contribution in [0.2, 0.25) is 10.0 Å². The minimum Gasteiger partial charge on any atom is -0.289 e. The topological polar surface area (TPSA) is 49.4 Å². The summed E-state index contributed by atoms with van der Waals surface area (Å²) in [5, 5.41) is 2.10. The van der Waals surface area contributed by atoms with Crippen LogP contribution in [0.3, 0.4) is 0 Å². The van der Waals surface area contributed by atoms with Crippen molar-refractivity contribution in [2.24, 2.45) is 46.3 Å². The summed E-state index contributed by atoms with van der Waals surface area (Å²) >= 11 is 12.1. The monoisotopic (exact) mass is 384 g/mol. The highest BCUT2D eigenvalue weighted by Crippen LogP contribution is 2.91. The highest BCUT2D eigenvalue weighted by atomic mass is 35.5. The molecule has 0 radical (unpaired) electrons. The maximum absolute atomic E-state index is 13.7. The molecule has 1 aliphatic heterocycles. The van der Waals surface area contributed by atoms with Crippen molar-refractivity contribution in [1.29, 1.82) is 0 Å². The maximum Gasteiger partial charge on any atom is 0.256 e. The quantitative estimate of drug-likeness (QED) is 0.626. The molecule has 4 unspecified atom stereocenters. The van der Waals surface area contributed by atoms with Crippen LogP contribution in [-0.4, -0.2) is 16.8 Å². The molecule has 4 atom stereocenters. The minimum absolute atomic E-state index is 0.0604. The van der Waals surface area contributed by atoms with Crippen LogP contribution in [-0.2, 0) is 9.59 Å². The van der Waals surface area contributed by atoms with E-state index in [9.17, 15) is 9.59 Å². The van der Waals surface area contributed by atoms with Crippen LogP contribution in [0, 0.1) is 46.3 Å². The Hall–Kier alpha value is -1.78. The molecule has 1 saturated heterocycles. The Morgan fingerprint density at radius 1 is 0.808 bits per heavy atom. The van der Waals surface area contributed by atoms with Gasteiger partial charge in [-0.05, 0) is 53.7 Å². The number of carbonyl (C=O) groups excluding carboxylic acids is 2.